The average Bonchev–Trinajstić information content (AvgIpc) is 3.25. The second-order valence-electron chi connectivity index (χ2n) is 7.45. The summed E-state index contributed by atoms with van der Waals surface area (Å²) in [6.45, 7) is 2.08. The average molecular weight is 436 g/mol. The molecule has 6 nitrogen and oxygen atoms in total. The quantitative estimate of drug-likeness (QED) is 0.596. The van der Waals surface area contributed by atoms with E-state index in [0.717, 1.165) is 17.1 Å². The smallest absolute Gasteiger partial charge is 0.257 e. The minimum Gasteiger partial charge on any atom is -0.496 e. The number of methoxy groups -OCH3 is 1. The SMILES string of the molecule is COc1ccccc1C(=O)N1CCN(C(=O)Cc2csc(Cc3ccccc3)n2)CC1. The first-order chi connectivity index (χ1) is 15.1. The molecule has 2 heterocycles. The third-order valence-electron chi connectivity index (χ3n) is 5.39. The van der Waals surface area contributed by atoms with Crippen LogP contribution in [-0.4, -0.2) is 59.9 Å². The maximum absolute atomic E-state index is 12.8. The first-order valence-corrected chi connectivity index (χ1v) is 11.2. The number of carbonyl (C=O) groups excluding carboxylic acids is 2. The van der Waals surface area contributed by atoms with E-state index >= 15 is 0 Å². The molecule has 0 atom stereocenters. The number of piperazine rings is 1. The van der Waals surface area contributed by atoms with Crippen LogP contribution in [0.2, 0.25) is 0 Å². The third kappa shape index (κ3) is 5.11. The number of nitrogens with zero attached hydrogens (tertiary/aromatic N) is 3. The zero-order valence-electron chi connectivity index (χ0n) is 17.5. The Balaban J connectivity index is 1.30. The summed E-state index contributed by atoms with van der Waals surface area (Å²) in [6, 6.07) is 17.4. The van der Waals surface area contributed by atoms with Gasteiger partial charge in [-0.15, -0.1) is 11.3 Å². The minimum absolute atomic E-state index is 0.0564. The van der Waals surface area contributed by atoms with Crippen molar-refractivity contribution in [1.29, 1.82) is 0 Å². The Hall–Kier alpha value is -3.19. The van der Waals surface area contributed by atoms with E-state index in [1.807, 2.05) is 40.6 Å². The van der Waals surface area contributed by atoms with Crippen molar-refractivity contribution in [2.45, 2.75) is 12.8 Å². The first kappa shape index (κ1) is 21.1. The van der Waals surface area contributed by atoms with Gasteiger partial charge in [0.2, 0.25) is 5.91 Å². The molecule has 7 heteroatoms. The molecule has 0 N–H and O–H groups in total. The van der Waals surface area contributed by atoms with E-state index in [4.69, 9.17) is 4.74 Å². The standard InChI is InChI=1S/C24H25N3O3S/c1-30-21-10-6-5-9-20(21)24(29)27-13-11-26(12-14-27)23(28)16-19-17-31-22(25-19)15-18-7-3-2-4-8-18/h2-10,17H,11-16H2,1H3. The maximum Gasteiger partial charge on any atom is 0.257 e. The summed E-state index contributed by atoms with van der Waals surface area (Å²) in [5.74, 6) is 0.566. The molecule has 0 spiro atoms. The van der Waals surface area contributed by atoms with Gasteiger partial charge >= 0.3 is 0 Å². The second kappa shape index (κ2) is 9.75. The summed E-state index contributed by atoms with van der Waals surface area (Å²) in [7, 11) is 1.56. The lowest BCUT2D eigenvalue weighted by Crippen LogP contribution is -2.51. The Morgan fingerprint density at radius 3 is 2.39 bits per heavy atom. The molecule has 31 heavy (non-hydrogen) atoms. The van der Waals surface area contributed by atoms with Gasteiger partial charge in [0, 0.05) is 38.0 Å². The Morgan fingerprint density at radius 2 is 1.65 bits per heavy atom. The van der Waals surface area contributed by atoms with Crippen LogP contribution in [-0.2, 0) is 17.6 Å². The number of ether oxygens (including phenoxy) is 1. The fraction of sp³-hybridized carbons (Fsp3) is 0.292. The van der Waals surface area contributed by atoms with Crippen molar-refractivity contribution >= 4 is 23.2 Å². The van der Waals surface area contributed by atoms with Crippen molar-refractivity contribution in [3.05, 3.63) is 81.8 Å². The summed E-state index contributed by atoms with van der Waals surface area (Å²) < 4.78 is 5.30. The van der Waals surface area contributed by atoms with Crippen LogP contribution in [0.3, 0.4) is 0 Å². The van der Waals surface area contributed by atoms with Gasteiger partial charge in [-0.1, -0.05) is 42.5 Å². The number of hydrogen-bond acceptors (Lipinski definition) is 5. The van der Waals surface area contributed by atoms with Crippen molar-refractivity contribution in [3.63, 3.8) is 0 Å². The predicted molar refractivity (Wildman–Crippen MR) is 121 cm³/mol. The number of thiazole rings is 1. The Kier molecular flexibility index (Phi) is 6.62. The second-order valence-corrected chi connectivity index (χ2v) is 8.39. The molecule has 160 valence electrons. The van der Waals surface area contributed by atoms with Gasteiger partial charge in [-0.05, 0) is 17.7 Å². The Labute approximate surface area is 186 Å². The van der Waals surface area contributed by atoms with Crippen molar-refractivity contribution in [2.75, 3.05) is 33.3 Å². The van der Waals surface area contributed by atoms with Gasteiger partial charge < -0.3 is 14.5 Å². The highest BCUT2D eigenvalue weighted by Crippen LogP contribution is 2.20. The monoisotopic (exact) mass is 435 g/mol. The molecule has 1 aromatic heterocycles. The van der Waals surface area contributed by atoms with E-state index in [1.165, 1.54) is 5.56 Å². The third-order valence-corrected chi connectivity index (χ3v) is 6.28. The van der Waals surface area contributed by atoms with E-state index < -0.39 is 0 Å². The molecule has 0 aliphatic carbocycles. The lowest BCUT2D eigenvalue weighted by atomic mass is 10.1. The zero-order valence-corrected chi connectivity index (χ0v) is 18.3. The molecule has 0 saturated carbocycles. The van der Waals surface area contributed by atoms with Gasteiger partial charge in [-0.2, -0.15) is 0 Å². The summed E-state index contributed by atoms with van der Waals surface area (Å²) in [5, 5.41) is 2.98. The van der Waals surface area contributed by atoms with Crippen LogP contribution in [0.4, 0.5) is 0 Å². The van der Waals surface area contributed by atoms with Gasteiger partial charge in [0.1, 0.15) is 5.75 Å². The predicted octanol–water partition coefficient (Wildman–Crippen LogP) is 3.27. The Morgan fingerprint density at radius 1 is 0.968 bits per heavy atom. The normalized spacial score (nSPS) is 13.8. The lowest BCUT2D eigenvalue weighted by molar-refractivity contribution is -0.132. The fourth-order valence-corrected chi connectivity index (χ4v) is 4.53. The van der Waals surface area contributed by atoms with Crippen molar-refractivity contribution in [1.82, 2.24) is 14.8 Å². The molecule has 3 aromatic rings. The number of carbonyl (C=O) groups is 2. The number of hydrogen-bond donors (Lipinski definition) is 0. The molecule has 1 saturated heterocycles. The molecule has 4 rings (SSSR count). The molecule has 0 bridgehead atoms. The van der Waals surface area contributed by atoms with Crippen LogP contribution in [0.25, 0.3) is 0 Å². The van der Waals surface area contributed by atoms with Gasteiger partial charge in [-0.25, -0.2) is 4.98 Å². The van der Waals surface area contributed by atoms with Crippen LogP contribution in [0.1, 0.15) is 26.6 Å². The highest BCUT2D eigenvalue weighted by molar-refractivity contribution is 7.09. The zero-order chi connectivity index (χ0) is 21.6. The number of benzene rings is 2. The molecule has 1 aliphatic rings. The van der Waals surface area contributed by atoms with E-state index in [2.05, 4.69) is 17.1 Å². The molecule has 1 aliphatic heterocycles. The maximum atomic E-state index is 12.8. The number of rotatable bonds is 6. The number of para-hydroxylation sites is 1. The fourth-order valence-electron chi connectivity index (χ4n) is 3.70. The van der Waals surface area contributed by atoms with Gasteiger partial charge in [-0.3, -0.25) is 9.59 Å². The highest BCUT2D eigenvalue weighted by atomic mass is 32.1. The number of aromatic nitrogens is 1. The summed E-state index contributed by atoms with van der Waals surface area (Å²) in [6.07, 6.45) is 1.08. The topological polar surface area (TPSA) is 62.7 Å². The van der Waals surface area contributed by atoms with Crippen LogP contribution in [0, 0.1) is 0 Å². The van der Waals surface area contributed by atoms with E-state index in [-0.39, 0.29) is 11.8 Å². The molecule has 0 unspecified atom stereocenters. The van der Waals surface area contributed by atoms with Crippen molar-refractivity contribution in [2.24, 2.45) is 0 Å². The molecular formula is C24H25N3O3S. The molecular weight excluding hydrogens is 410 g/mol. The summed E-state index contributed by atoms with van der Waals surface area (Å²) >= 11 is 1.59. The van der Waals surface area contributed by atoms with Crippen LogP contribution >= 0.6 is 11.3 Å². The lowest BCUT2D eigenvalue weighted by Gasteiger charge is -2.35. The summed E-state index contributed by atoms with van der Waals surface area (Å²) in [5.41, 5.74) is 2.58. The van der Waals surface area contributed by atoms with Gasteiger partial charge in [0.05, 0.1) is 29.8 Å². The Bertz CT molecular complexity index is 1040. The highest BCUT2D eigenvalue weighted by Gasteiger charge is 2.26. The van der Waals surface area contributed by atoms with Gasteiger partial charge in [0.25, 0.3) is 5.91 Å². The minimum atomic E-state index is -0.0606. The van der Waals surface area contributed by atoms with E-state index in [0.29, 0.717) is 43.9 Å². The van der Waals surface area contributed by atoms with Crippen LogP contribution in [0.15, 0.2) is 60.0 Å². The van der Waals surface area contributed by atoms with Crippen molar-refractivity contribution < 1.29 is 14.3 Å². The molecule has 2 aromatic carbocycles. The van der Waals surface area contributed by atoms with Gasteiger partial charge in [0.15, 0.2) is 0 Å². The van der Waals surface area contributed by atoms with E-state index in [1.54, 1.807) is 35.5 Å². The largest absolute Gasteiger partial charge is 0.496 e. The number of amides is 2. The molecule has 0 radical (unpaired) electrons. The molecule has 2 amide bonds. The van der Waals surface area contributed by atoms with Crippen LogP contribution < -0.4 is 4.74 Å². The van der Waals surface area contributed by atoms with Crippen LogP contribution in [0.5, 0.6) is 5.75 Å². The van der Waals surface area contributed by atoms with E-state index in [9.17, 15) is 9.59 Å². The molecule has 1 fully saturated rings. The first-order valence-electron chi connectivity index (χ1n) is 10.3. The van der Waals surface area contributed by atoms with Crippen molar-refractivity contribution in [3.8, 4) is 5.75 Å². The summed E-state index contributed by atoms with van der Waals surface area (Å²) in [4.78, 5) is 33.8.